The zero-order valence-corrected chi connectivity index (χ0v) is 17.8. The van der Waals surface area contributed by atoms with Crippen LogP contribution in [0.3, 0.4) is 0 Å². The minimum absolute atomic E-state index is 0.139. The molecule has 0 saturated carbocycles. The second kappa shape index (κ2) is 7.84. The molecule has 2 amide bonds. The summed E-state index contributed by atoms with van der Waals surface area (Å²) in [7, 11) is 0. The van der Waals surface area contributed by atoms with Crippen molar-refractivity contribution in [3.05, 3.63) is 118 Å². The molecule has 4 aromatic rings. The maximum absolute atomic E-state index is 13.6. The number of benzene rings is 3. The van der Waals surface area contributed by atoms with Gasteiger partial charge in [-0.2, -0.15) is 0 Å². The number of nitrogens with zero attached hydrogens (tertiary/aromatic N) is 2. The van der Waals surface area contributed by atoms with E-state index in [9.17, 15) is 4.79 Å². The number of anilines is 1. The van der Waals surface area contributed by atoms with E-state index in [1.807, 2.05) is 65.6 Å². The Hall–Kier alpha value is -3.31. The van der Waals surface area contributed by atoms with Crippen LogP contribution in [0.1, 0.15) is 22.9 Å². The van der Waals surface area contributed by atoms with Crippen molar-refractivity contribution in [2.45, 2.75) is 12.6 Å². The number of amides is 2. The van der Waals surface area contributed by atoms with Crippen molar-refractivity contribution >= 4 is 27.6 Å². The maximum Gasteiger partial charge on any atom is 0.323 e. The van der Waals surface area contributed by atoms with Crippen molar-refractivity contribution in [1.29, 1.82) is 0 Å². The highest BCUT2D eigenvalue weighted by Gasteiger charge is 2.33. The number of rotatable bonds is 2. The van der Waals surface area contributed by atoms with Gasteiger partial charge in [-0.3, -0.25) is 0 Å². The molecule has 148 valence electrons. The van der Waals surface area contributed by atoms with Crippen molar-refractivity contribution in [2.75, 3.05) is 5.32 Å². The van der Waals surface area contributed by atoms with Gasteiger partial charge in [0.1, 0.15) is 0 Å². The van der Waals surface area contributed by atoms with Crippen LogP contribution in [0.2, 0.25) is 0 Å². The van der Waals surface area contributed by atoms with Crippen LogP contribution in [0.25, 0.3) is 5.69 Å². The molecule has 0 unspecified atom stereocenters. The van der Waals surface area contributed by atoms with Crippen LogP contribution >= 0.6 is 15.9 Å². The van der Waals surface area contributed by atoms with Gasteiger partial charge in [-0.1, -0.05) is 60.7 Å². The minimum Gasteiger partial charge on any atom is -0.318 e. The molecule has 1 aliphatic rings. The van der Waals surface area contributed by atoms with E-state index >= 15 is 0 Å². The van der Waals surface area contributed by atoms with E-state index in [1.165, 1.54) is 0 Å². The molecule has 30 heavy (non-hydrogen) atoms. The van der Waals surface area contributed by atoms with E-state index in [-0.39, 0.29) is 12.1 Å². The Morgan fingerprint density at radius 3 is 2.43 bits per heavy atom. The maximum atomic E-state index is 13.6. The van der Waals surface area contributed by atoms with E-state index in [2.05, 4.69) is 62.3 Å². The third-order valence-corrected chi connectivity index (χ3v) is 6.15. The number of halogens is 1. The summed E-state index contributed by atoms with van der Waals surface area (Å²) in [6, 6.07) is 29.9. The lowest BCUT2D eigenvalue weighted by molar-refractivity contribution is 0.194. The largest absolute Gasteiger partial charge is 0.323 e. The number of para-hydroxylation sites is 2. The van der Waals surface area contributed by atoms with Gasteiger partial charge in [-0.15, -0.1) is 0 Å². The fourth-order valence-electron chi connectivity index (χ4n) is 4.08. The number of aromatic nitrogens is 1. The van der Waals surface area contributed by atoms with E-state index < -0.39 is 0 Å². The molecule has 1 aromatic heterocycles. The second-order valence-corrected chi connectivity index (χ2v) is 8.14. The number of nitrogens with one attached hydrogen (secondary N) is 1. The monoisotopic (exact) mass is 457 g/mol. The molecule has 0 saturated heterocycles. The van der Waals surface area contributed by atoms with Crippen LogP contribution in [0.5, 0.6) is 0 Å². The smallest absolute Gasteiger partial charge is 0.318 e. The van der Waals surface area contributed by atoms with Crippen LogP contribution in [0.4, 0.5) is 10.5 Å². The first-order valence-corrected chi connectivity index (χ1v) is 10.6. The molecular weight excluding hydrogens is 438 g/mol. The van der Waals surface area contributed by atoms with Gasteiger partial charge in [-0.25, -0.2) is 4.79 Å². The summed E-state index contributed by atoms with van der Waals surface area (Å²) in [5, 5.41) is 3.09. The van der Waals surface area contributed by atoms with E-state index in [0.29, 0.717) is 6.54 Å². The Labute approximate surface area is 183 Å². The molecule has 0 radical (unpaired) electrons. The molecule has 0 bridgehead atoms. The Bertz CT molecular complexity index is 1200. The molecule has 0 fully saturated rings. The molecule has 0 aliphatic carbocycles. The summed E-state index contributed by atoms with van der Waals surface area (Å²) in [6.07, 6.45) is 2.07. The predicted molar refractivity (Wildman–Crippen MR) is 123 cm³/mol. The second-order valence-electron chi connectivity index (χ2n) is 7.28. The molecule has 1 aliphatic heterocycles. The number of hydrogen-bond acceptors (Lipinski definition) is 1. The number of fused-ring (bicyclic) bond motifs is 3. The lowest BCUT2D eigenvalue weighted by Gasteiger charge is -2.31. The van der Waals surface area contributed by atoms with Crippen molar-refractivity contribution < 1.29 is 4.79 Å². The minimum atomic E-state index is -0.212. The molecule has 3 aromatic carbocycles. The van der Waals surface area contributed by atoms with Gasteiger partial charge >= 0.3 is 6.03 Å². The highest BCUT2D eigenvalue weighted by molar-refractivity contribution is 9.10. The van der Waals surface area contributed by atoms with Gasteiger partial charge in [0, 0.05) is 16.4 Å². The third kappa shape index (κ3) is 3.31. The van der Waals surface area contributed by atoms with E-state index in [4.69, 9.17) is 0 Å². The van der Waals surface area contributed by atoms with Crippen molar-refractivity contribution in [2.24, 2.45) is 0 Å². The Morgan fingerprint density at radius 2 is 1.60 bits per heavy atom. The first kappa shape index (κ1) is 18.7. The molecule has 5 heteroatoms. The standard InChI is InChI=1S/C25H20BrN3O/c26-20-12-5-6-13-21(20)27-25(30)29-17-19-11-4-7-14-22(19)28-16-8-15-23(28)24(29)18-9-2-1-3-10-18/h1-16,24H,17H2,(H,27,30)/t24-/m0/s1. The Balaban J connectivity index is 1.64. The number of carbonyl (C=O) groups excluding carboxylic acids is 1. The average molecular weight is 458 g/mol. The van der Waals surface area contributed by atoms with E-state index in [1.54, 1.807) is 0 Å². The summed E-state index contributed by atoms with van der Waals surface area (Å²) in [4.78, 5) is 15.5. The van der Waals surface area contributed by atoms with Gasteiger partial charge in [0.25, 0.3) is 0 Å². The Kier molecular flexibility index (Phi) is 4.89. The molecule has 4 nitrogen and oxygen atoms in total. The van der Waals surface area contributed by atoms with Gasteiger partial charge in [-0.05, 0) is 57.4 Å². The molecule has 0 spiro atoms. The normalized spacial score (nSPS) is 15.1. The summed E-state index contributed by atoms with van der Waals surface area (Å²) in [5.41, 5.74) is 5.11. The summed E-state index contributed by atoms with van der Waals surface area (Å²) >= 11 is 3.53. The lowest BCUT2D eigenvalue weighted by atomic mass is 10.0. The number of hydrogen-bond donors (Lipinski definition) is 1. The lowest BCUT2D eigenvalue weighted by Crippen LogP contribution is -2.38. The quantitative estimate of drug-likeness (QED) is 0.372. The van der Waals surface area contributed by atoms with Gasteiger partial charge in [0.05, 0.1) is 24.0 Å². The first-order valence-electron chi connectivity index (χ1n) is 9.85. The summed E-state index contributed by atoms with van der Waals surface area (Å²) in [5.74, 6) is 0. The average Bonchev–Trinajstić information content (AvgIpc) is 3.20. The number of carbonyl (C=O) groups is 1. The SMILES string of the molecule is O=C(Nc1ccccc1Br)N1Cc2ccccc2-n2cccc2[C@@H]1c1ccccc1. The fourth-order valence-corrected chi connectivity index (χ4v) is 4.46. The highest BCUT2D eigenvalue weighted by Crippen LogP contribution is 2.37. The summed E-state index contributed by atoms with van der Waals surface area (Å²) in [6.45, 7) is 0.508. The van der Waals surface area contributed by atoms with Gasteiger partial charge in [0.15, 0.2) is 0 Å². The van der Waals surface area contributed by atoms with Crippen molar-refractivity contribution in [1.82, 2.24) is 9.47 Å². The van der Waals surface area contributed by atoms with Gasteiger partial charge < -0.3 is 14.8 Å². The first-order chi connectivity index (χ1) is 14.7. The Morgan fingerprint density at radius 1 is 0.867 bits per heavy atom. The zero-order chi connectivity index (χ0) is 20.5. The molecule has 5 rings (SSSR count). The molecule has 1 N–H and O–H groups in total. The fraction of sp³-hybridized carbons (Fsp3) is 0.0800. The highest BCUT2D eigenvalue weighted by atomic mass is 79.9. The molecule has 1 atom stereocenters. The number of urea groups is 1. The van der Waals surface area contributed by atoms with Crippen molar-refractivity contribution in [3.63, 3.8) is 0 Å². The van der Waals surface area contributed by atoms with Crippen LogP contribution in [-0.2, 0) is 6.54 Å². The van der Waals surface area contributed by atoms with Crippen LogP contribution in [0.15, 0.2) is 102 Å². The van der Waals surface area contributed by atoms with Crippen LogP contribution < -0.4 is 5.32 Å². The molecular formula is C25H20BrN3O. The third-order valence-electron chi connectivity index (χ3n) is 5.46. The predicted octanol–water partition coefficient (Wildman–Crippen LogP) is 6.38. The molecule has 2 heterocycles. The van der Waals surface area contributed by atoms with E-state index in [0.717, 1.165) is 32.7 Å². The van der Waals surface area contributed by atoms with Crippen LogP contribution in [-0.4, -0.2) is 15.5 Å². The van der Waals surface area contributed by atoms with Crippen LogP contribution in [0, 0.1) is 0 Å². The summed E-state index contributed by atoms with van der Waals surface area (Å²) < 4.78 is 3.05. The van der Waals surface area contributed by atoms with Crippen molar-refractivity contribution in [3.8, 4) is 5.69 Å². The van der Waals surface area contributed by atoms with Gasteiger partial charge in [0.2, 0.25) is 0 Å². The zero-order valence-electron chi connectivity index (χ0n) is 16.2. The topological polar surface area (TPSA) is 37.3 Å².